The number of aliphatic carboxylic acids is 1. The summed E-state index contributed by atoms with van der Waals surface area (Å²) in [7, 11) is 0. The molecule has 0 fully saturated rings. The van der Waals surface area contributed by atoms with Crippen LogP contribution in [-0.2, 0) is 9.59 Å². The Morgan fingerprint density at radius 1 is 0.815 bits per heavy atom. The van der Waals surface area contributed by atoms with Gasteiger partial charge in [-0.1, -0.05) is 63.3 Å². The number of aliphatic hydroxyl groups is 1. The standard InChI is InChI=1S/C22H39NO4/c1-2-3-4-5-6-7-8-9-10-11-12-13-14-15-16-17-18-21(25)23-20(19-24)22(26)27/h6-7,10-11,20,24H,2-5,8-9,12-19H2,1H3,(H,23,25)(H,26,27)/b7-6-,11-10-. The SMILES string of the molecule is CCCCC/C=C\CC/C=C\CCCCCCCC(=O)NC(CO)C(=O)O. The Morgan fingerprint density at radius 2 is 1.33 bits per heavy atom. The Hall–Kier alpha value is -1.62. The van der Waals surface area contributed by atoms with Crippen molar-refractivity contribution < 1.29 is 19.8 Å². The third-order valence-corrected chi connectivity index (χ3v) is 4.40. The van der Waals surface area contributed by atoms with Crippen molar-refractivity contribution in [1.82, 2.24) is 5.32 Å². The number of nitrogens with one attached hydrogen (secondary N) is 1. The number of amides is 1. The first-order valence-electron chi connectivity index (χ1n) is 10.5. The summed E-state index contributed by atoms with van der Waals surface area (Å²) in [6, 6.07) is -1.19. The molecule has 1 unspecified atom stereocenters. The van der Waals surface area contributed by atoms with Crippen LogP contribution in [-0.4, -0.2) is 34.7 Å². The Kier molecular flexibility index (Phi) is 18.0. The zero-order valence-electron chi connectivity index (χ0n) is 17.0. The van der Waals surface area contributed by atoms with Crippen LogP contribution in [0.25, 0.3) is 0 Å². The number of hydrogen-bond donors (Lipinski definition) is 3. The highest BCUT2D eigenvalue weighted by atomic mass is 16.4. The van der Waals surface area contributed by atoms with Crippen LogP contribution in [0.15, 0.2) is 24.3 Å². The molecule has 0 saturated heterocycles. The van der Waals surface area contributed by atoms with Crippen LogP contribution >= 0.6 is 0 Å². The van der Waals surface area contributed by atoms with Crippen LogP contribution in [0.4, 0.5) is 0 Å². The fraction of sp³-hybridized carbons (Fsp3) is 0.727. The average Bonchev–Trinajstić information content (AvgIpc) is 2.65. The zero-order valence-corrected chi connectivity index (χ0v) is 17.0. The van der Waals surface area contributed by atoms with E-state index in [1.807, 2.05) is 0 Å². The summed E-state index contributed by atoms with van der Waals surface area (Å²) in [5, 5.41) is 19.9. The molecule has 5 nitrogen and oxygen atoms in total. The van der Waals surface area contributed by atoms with Crippen molar-refractivity contribution in [3.05, 3.63) is 24.3 Å². The smallest absolute Gasteiger partial charge is 0.328 e. The molecule has 0 saturated carbocycles. The number of carbonyl (C=O) groups is 2. The third-order valence-electron chi connectivity index (χ3n) is 4.40. The van der Waals surface area contributed by atoms with Crippen LogP contribution in [0.5, 0.6) is 0 Å². The summed E-state index contributed by atoms with van der Waals surface area (Å²) < 4.78 is 0. The van der Waals surface area contributed by atoms with Crippen molar-refractivity contribution in [2.75, 3.05) is 6.61 Å². The highest BCUT2D eigenvalue weighted by molar-refractivity contribution is 5.83. The number of carbonyl (C=O) groups excluding carboxylic acids is 1. The van der Waals surface area contributed by atoms with E-state index >= 15 is 0 Å². The van der Waals surface area contributed by atoms with E-state index in [0.29, 0.717) is 6.42 Å². The first-order valence-corrected chi connectivity index (χ1v) is 10.5. The molecule has 0 rings (SSSR count). The van der Waals surface area contributed by atoms with Crippen molar-refractivity contribution in [1.29, 1.82) is 0 Å². The molecule has 1 amide bonds. The van der Waals surface area contributed by atoms with Crippen LogP contribution in [0.2, 0.25) is 0 Å². The van der Waals surface area contributed by atoms with Crippen LogP contribution < -0.4 is 5.32 Å². The van der Waals surface area contributed by atoms with Gasteiger partial charge in [0, 0.05) is 6.42 Å². The molecule has 156 valence electrons. The summed E-state index contributed by atoms with van der Waals surface area (Å²) in [5.41, 5.74) is 0. The summed E-state index contributed by atoms with van der Waals surface area (Å²) in [5.74, 6) is -1.51. The Morgan fingerprint density at radius 3 is 1.89 bits per heavy atom. The molecule has 0 aromatic rings. The third kappa shape index (κ3) is 17.5. The van der Waals surface area contributed by atoms with Gasteiger partial charge in [0.15, 0.2) is 0 Å². The Balaban J connectivity index is 3.42. The van der Waals surface area contributed by atoms with Gasteiger partial charge in [-0.2, -0.15) is 0 Å². The van der Waals surface area contributed by atoms with Gasteiger partial charge in [0.25, 0.3) is 0 Å². The fourth-order valence-electron chi connectivity index (χ4n) is 2.71. The molecule has 0 aromatic carbocycles. The number of hydrogen-bond acceptors (Lipinski definition) is 3. The van der Waals surface area contributed by atoms with Crippen LogP contribution in [0, 0.1) is 0 Å². The van der Waals surface area contributed by atoms with E-state index in [1.54, 1.807) is 0 Å². The normalized spacial score (nSPS) is 12.7. The lowest BCUT2D eigenvalue weighted by atomic mass is 10.1. The summed E-state index contributed by atoms with van der Waals surface area (Å²) >= 11 is 0. The predicted molar refractivity (Wildman–Crippen MR) is 111 cm³/mol. The van der Waals surface area contributed by atoms with Gasteiger partial charge in [-0.3, -0.25) is 4.79 Å². The van der Waals surface area contributed by atoms with E-state index in [1.165, 1.54) is 32.1 Å². The molecule has 0 aliphatic rings. The van der Waals surface area contributed by atoms with Gasteiger partial charge >= 0.3 is 5.97 Å². The lowest BCUT2D eigenvalue weighted by Gasteiger charge is -2.11. The van der Waals surface area contributed by atoms with Gasteiger partial charge < -0.3 is 15.5 Å². The highest BCUT2D eigenvalue weighted by Gasteiger charge is 2.17. The summed E-state index contributed by atoms with van der Waals surface area (Å²) in [6.07, 6.45) is 23.0. The molecule has 27 heavy (non-hydrogen) atoms. The zero-order chi connectivity index (χ0) is 20.2. The molecule has 3 N–H and O–H groups in total. The molecule has 0 heterocycles. The first kappa shape index (κ1) is 25.4. The second-order valence-electron chi connectivity index (χ2n) is 6.96. The number of aliphatic hydroxyl groups excluding tert-OH is 1. The maximum atomic E-state index is 11.6. The van der Waals surface area contributed by atoms with Gasteiger partial charge in [-0.05, 0) is 44.9 Å². The average molecular weight is 382 g/mol. The van der Waals surface area contributed by atoms with Crippen molar-refractivity contribution in [2.45, 2.75) is 96.4 Å². The van der Waals surface area contributed by atoms with Crippen LogP contribution in [0.1, 0.15) is 90.4 Å². The number of allylic oxidation sites excluding steroid dienone is 4. The van der Waals surface area contributed by atoms with Crippen molar-refractivity contribution in [3.63, 3.8) is 0 Å². The largest absolute Gasteiger partial charge is 0.480 e. The molecule has 0 spiro atoms. The van der Waals surface area contributed by atoms with Gasteiger partial charge in [-0.25, -0.2) is 4.79 Å². The molecule has 5 heteroatoms. The van der Waals surface area contributed by atoms with E-state index in [2.05, 4.69) is 36.5 Å². The van der Waals surface area contributed by atoms with Gasteiger partial charge in [0.05, 0.1) is 6.61 Å². The lowest BCUT2D eigenvalue weighted by Crippen LogP contribution is -2.43. The fourth-order valence-corrected chi connectivity index (χ4v) is 2.71. The minimum atomic E-state index is -1.21. The molecule has 1 atom stereocenters. The van der Waals surface area contributed by atoms with Gasteiger partial charge in [0.1, 0.15) is 6.04 Å². The minimum absolute atomic E-state index is 0.307. The van der Waals surface area contributed by atoms with E-state index in [0.717, 1.165) is 44.9 Å². The molecule has 0 bridgehead atoms. The van der Waals surface area contributed by atoms with E-state index in [4.69, 9.17) is 10.2 Å². The number of unbranched alkanes of at least 4 members (excludes halogenated alkanes) is 9. The monoisotopic (exact) mass is 381 g/mol. The maximum Gasteiger partial charge on any atom is 0.328 e. The number of carboxylic acid groups (broad SMARTS) is 1. The van der Waals surface area contributed by atoms with Gasteiger partial charge in [0.2, 0.25) is 5.91 Å². The van der Waals surface area contributed by atoms with E-state index in [-0.39, 0.29) is 5.91 Å². The van der Waals surface area contributed by atoms with Gasteiger partial charge in [-0.15, -0.1) is 0 Å². The molecular weight excluding hydrogens is 342 g/mol. The highest BCUT2D eigenvalue weighted by Crippen LogP contribution is 2.08. The summed E-state index contributed by atoms with van der Waals surface area (Å²) in [4.78, 5) is 22.3. The second kappa shape index (κ2) is 19.2. The first-order chi connectivity index (χ1) is 13.1. The quantitative estimate of drug-likeness (QED) is 0.236. The predicted octanol–water partition coefficient (Wildman–Crippen LogP) is 4.75. The molecule has 0 radical (unpaired) electrons. The lowest BCUT2D eigenvalue weighted by molar-refractivity contribution is -0.142. The number of carboxylic acids is 1. The molecular formula is C22H39NO4. The van der Waals surface area contributed by atoms with Crippen LogP contribution in [0.3, 0.4) is 0 Å². The van der Waals surface area contributed by atoms with E-state index in [9.17, 15) is 9.59 Å². The Labute approximate surface area is 164 Å². The van der Waals surface area contributed by atoms with E-state index < -0.39 is 18.6 Å². The van der Waals surface area contributed by atoms with Crippen molar-refractivity contribution in [3.8, 4) is 0 Å². The number of rotatable bonds is 18. The topological polar surface area (TPSA) is 86.6 Å². The van der Waals surface area contributed by atoms with Crippen molar-refractivity contribution >= 4 is 11.9 Å². The second-order valence-corrected chi connectivity index (χ2v) is 6.96. The summed E-state index contributed by atoms with van der Waals surface area (Å²) in [6.45, 7) is 1.65. The maximum absolute atomic E-state index is 11.6. The minimum Gasteiger partial charge on any atom is -0.480 e. The molecule has 0 aliphatic heterocycles. The molecule has 0 aromatic heterocycles. The van der Waals surface area contributed by atoms with Crippen molar-refractivity contribution in [2.24, 2.45) is 0 Å². The molecule has 0 aliphatic carbocycles. The Bertz CT molecular complexity index is 432.